The molecule has 4 heteroatoms. The zero-order valence-corrected chi connectivity index (χ0v) is 23.7. The maximum atomic E-state index is 6.94. The van der Waals surface area contributed by atoms with E-state index in [2.05, 4.69) is 111 Å². The Balaban J connectivity index is 3.41. The lowest BCUT2D eigenvalue weighted by atomic mass is 9.87. The predicted molar refractivity (Wildman–Crippen MR) is 141 cm³/mol. The van der Waals surface area contributed by atoms with Crippen molar-refractivity contribution in [3.05, 3.63) is 48.6 Å². The van der Waals surface area contributed by atoms with E-state index in [1.54, 1.807) is 0 Å². The topological polar surface area (TPSA) is 18.5 Å². The van der Waals surface area contributed by atoms with Crippen LogP contribution >= 0.6 is 0 Å². The van der Waals surface area contributed by atoms with E-state index in [4.69, 9.17) is 15.3 Å². The molecule has 0 aliphatic rings. The molecule has 0 amide bonds. The molecule has 31 heavy (non-hydrogen) atoms. The van der Waals surface area contributed by atoms with Crippen molar-refractivity contribution >= 4 is 16.6 Å². The standard InChI is InChI=1S/C27H46O2Si2/c1-13-18-25(29-31(11,12)27(6,7)8)23(21-22-19-16-15-17-20-22)24(14-2)28-30(9,10)26(3,4)5/h1,14-17,19-20,23-25H,2,18,21H2,3-12H3/t23-,24+,25+/m0/s1. The summed E-state index contributed by atoms with van der Waals surface area (Å²) in [6.07, 6.45) is 9.09. The van der Waals surface area contributed by atoms with Crippen LogP contribution in [0.25, 0.3) is 0 Å². The third kappa shape index (κ3) is 7.75. The van der Waals surface area contributed by atoms with E-state index in [1.807, 2.05) is 6.08 Å². The van der Waals surface area contributed by atoms with Crippen LogP contribution in [-0.4, -0.2) is 28.8 Å². The molecule has 0 bridgehead atoms. The van der Waals surface area contributed by atoms with Crippen molar-refractivity contribution < 1.29 is 8.85 Å². The highest BCUT2D eigenvalue weighted by molar-refractivity contribution is 6.74. The second kappa shape index (κ2) is 10.7. The molecule has 1 aromatic carbocycles. The van der Waals surface area contributed by atoms with Crippen LogP contribution < -0.4 is 0 Å². The summed E-state index contributed by atoms with van der Waals surface area (Å²) in [4.78, 5) is 0. The van der Waals surface area contributed by atoms with Gasteiger partial charge in [-0.25, -0.2) is 0 Å². The highest BCUT2D eigenvalue weighted by Gasteiger charge is 2.44. The third-order valence-electron chi connectivity index (χ3n) is 7.25. The first kappa shape index (κ1) is 27.9. The smallest absolute Gasteiger partial charge is 0.192 e. The van der Waals surface area contributed by atoms with Gasteiger partial charge in [-0.05, 0) is 48.2 Å². The molecule has 0 spiro atoms. The van der Waals surface area contributed by atoms with Gasteiger partial charge in [-0.3, -0.25) is 0 Å². The molecule has 0 radical (unpaired) electrons. The maximum Gasteiger partial charge on any atom is 0.192 e. The van der Waals surface area contributed by atoms with Gasteiger partial charge in [0.2, 0.25) is 0 Å². The van der Waals surface area contributed by atoms with Crippen molar-refractivity contribution in [3.8, 4) is 12.3 Å². The van der Waals surface area contributed by atoms with Gasteiger partial charge in [0, 0.05) is 12.3 Å². The van der Waals surface area contributed by atoms with E-state index in [1.165, 1.54) is 5.56 Å². The highest BCUT2D eigenvalue weighted by atomic mass is 28.4. The third-order valence-corrected chi connectivity index (χ3v) is 16.2. The van der Waals surface area contributed by atoms with Crippen molar-refractivity contribution in [1.82, 2.24) is 0 Å². The number of hydrogen-bond acceptors (Lipinski definition) is 2. The van der Waals surface area contributed by atoms with Crippen LogP contribution in [0.1, 0.15) is 53.5 Å². The van der Waals surface area contributed by atoms with Crippen LogP contribution in [-0.2, 0) is 15.3 Å². The summed E-state index contributed by atoms with van der Waals surface area (Å²) in [5.41, 5.74) is 1.28. The Morgan fingerprint density at radius 1 is 0.935 bits per heavy atom. The Morgan fingerprint density at radius 2 is 1.42 bits per heavy atom. The van der Waals surface area contributed by atoms with Crippen LogP contribution in [0.3, 0.4) is 0 Å². The van der Waals surface area contributed by atoms with Gasteiger partial charge in [0.1, 0.15) is 0 Å². The van der Waals surface area contributed by atoms with Crippen LogP contribution in [0.5, 0.6) is 0 Å². The van der Waals surface area contributed by atoms with Gasteiger partial charge in [-0.15, -0.1) is 18.9 Å². The lowest BCUT2D eigenvalue weighted by Gasteiger charge is -2.45. The molecule has 2 nitrogen and oxygen atoms in total. The second-order valence-electron chi connectivity index (χ2n) is 11.8. The van der Waals surface area contributed by atoms with Gasteiger partial charge in [0.05, 0.1) is 12.2 Å². The molecule has 1 aromatic rings. The average Bonchev–Trinajstić information content (AvgIpc) is 2.63. The first-order valence-electron chi connectivity index (χ1n) is 11.5. The van der Waals surface area contributed by atoms with Crippen LogP contribution in [0.4, 0.5) is 0 Å². The Labute approximate surface area is 195 Å². The fourth-order valence-electron chi connectivity index (χ4n) is 3.12. The molecule has 0 N–H and O–H groups in total. The first-order chi connectivity index (χ1) is 14.1. The fourth-order valence-corrected chi connectivity index (χ4v) is 5.80. The number of benzene rings is 1. The molecule has 0 fully saturated rings. The monoisotopic (exact) mass is 458 g/mol. The normalized spacial score (nSPS) is 16.3. The van der Waals surface area contributed by atoms with Crippen molar-refractivity contribution in [2.75, 3.05) is 0 Å². The summed E-state index contributed by atoms with van der Waals surface area (Å²) in [7, 11) is -4.01. The minimum absolute atomic E-state index is 0.0705. The Kier molecular flexibility index (Phi) is 9.60. The lowest BCUT2D eigenvalue weighted by molar-refractivity contribution is 0.0504. The molecule has 0 heterocycles. The quantitative estimate of drug-likeness (QED) is 0.202. The molecular weight excluding hydrogens is 412 g/mol. The molecule has 174 valence electrons. The van der Waals surface area contributed by atoms with Gasteiger partial charge in [0.15, 0.2) is 16.6 Å². The second-order valence-corrected chi connectivity index (χ2v) is 21.3. The maximum absolute atomic E-state index is 6.94. The Hall–Kier alpha value is -1.13. The summed E-state index contributed by atoms with van der Waals surface area (Å²) < 4.78 is 13.8. The zero-order chi connectivity index (χ0) is 24.1. The number of terminal acetylenes is 1. The minimum atomic E-state index is -2.01. The average molecular weight is 459 g/mol. The van der Waals surface area contributed by atoms with Gasteiger partial charge < -0.3 is 8.85 Å². The van der Waals surface area contributed by atoms with Crippen LogP contribution in [0.2, 0.25) is 36.3 Å². The molecule has 1 rings (SSSR count). The summed E-state index contributed by atoms with van der Waals surface area (Å²) in [5, 5.41) is 0.231. The minimum Gasteiger partial charge on any atom is -0.413 e. The van der Waals surface area contributed by atoms with E-state index < -0.39 is 16.6 Å². The molecule has 0 unspecified atom stereocenters. The van der Waals surface area contributed by atoms with Crippen molar-refractivity contribution in [2.24, 2.45) is 5.92 Å². The van der Waals surface area contributed by atoms with Crippen molar-refractivity contribution in [2.45, 2.75) is 103 Å². The summed E-state index contributed by atoms with van der Waals surface area (Å²) in [6.45, 7) is 27.0. The van der Waals surface area contributed by atoms with Gasteiger partial charge in [-0.1, -0.05) is 78.0 Å². The molecular formula is C27H46O2Si2. The van der Waals surface area contributed by atoms with Crippen molar-refractivity contribution in [1.29, 1.82) is 0 Å². The highest BCUT2D eigenvalue weighted by Crippen LogP contribution is 2.42. The number of hydrogen-bond donors (Lipinski definition) is 0. The predicted octanol–water partition coefficient (Wildman–Crippen LogP) is 7.84. The Morgan fingerprint density at radius 3 is 1.84 bits per heavy atom. The van der Waals surface area contributed by atoms with E-state index in [-0.39, 0.29) is 28.2 Å². The van der Waals surface area contributed by atoms with Crippen LogP contribution in [0, 0.1) is 18.3 Å². The van der Waals surface area contributed by atoms with E-state index in [0.29, 0.717) is 6.42 Å². The largest absolute Gasteiger partial charge is 0.413 e. The SMILES string of the molecule is C#CC[C@@H](O[Si](C)(C)C(C)(C)C)[C@@H](Cc1ccccc1)[C@@H](C=C)O[Si](C)(C)C(C)(C)C. The van der Waals surface area contributed by atoms with E-state index in [9.17, 15) is 0 Å². The van der Waals surface area contributed by atoms with Gasteiger partial charge >= 0.3 is 0 Å². The number of rotatable bonds is 10. The lowest BCUT2D eigenvalue weighted by Crippen LogP contribution is -2.51. The first-order valence-corrected chi connectivity index (χ1v) is 17.3. The molecule has 0 aliphatic heterocycles. The fraction of sp³-hybridized carbons (Fsp3) is 0.630. The van der Waals surface area contributed by atoms with Gasteiger partial charge in [0.25, 0.3) is 0 Å². The molecule has 0 saturated heterocycles. The molecule has 0 saturated carbocycles. The van der Waals surface area contributed by atoms with Crippen LogP contribution in [0.15, 0.2) is 43.0 Å². The Bertz CT molecular complexity index is 733. The molecule has 0 aliphatic carbocycles. The zero-order valence-electron chi connectivity index (χ0n) is 21.7. The summed E-state index contributed by atoms with van der Waals surface area (Å²) in [5.74, 6) is 3.01. The molecule has 3 atom stereocenters. The van der Waals surface area contributed by atoms with Crippen molar-refractivity contribution in [3.63, 3.8) is 0 Å². The van der Waals surface area contributed by atoms with E-state index >= 15 is 0 Å². The van der Waals surface area contributed by atoms with Gasteiger partial charge in [-0.2, -0.15) is 0 Å². The summed E-state index contributed by atoms with van der Waals surface area (Å²) in [6, 6.07) is 10.6. The van der Waals surface area contributed by atoms with E-state index in [0.717, 1.165) is 6.42 Å². The summed E-state index contributed by atoms with van der Waals surface area (Å²) >= 11 is 0. The molecule has 0 aromatic heterocycles.